The van der Waals surface area contributed by atoms with Crippen molar-refractivity contribution in [3.63, 3.8) is 0 Å². The Hall–Kier alpha value is -1.94. The minimum absolute atomic E-state index is 0.320. The second-order valence-electron chi connectivity index (χ2n) is 4.76. The largest absolute Gasteiger partial charge is 0.368 e. The number of nitrogens with one attached hydrogen (secondary N) is 1. The first-order valence-corrected chi connectivity index (χ1v) is 6.58. The molecule has 2 rings (SSSR count). The van der Waals surface area contributed by atoms with Gasteiger partial charge in [-0.3, -0.25) is 0 Å². The van der Waals surface area contributed by atoms with Gasteiger partial charge >= 0.3 is 0 Å². The molecule has 1 aromatic heterocycles. The molecule has 4 heteroatoms. The summed E-state index contributed by atoms with van der Waals surface area (Å²) in [5, 5.41) is 3.47. The quantitative estimate of drug-likeness (QED) is 0.831. The highest BCUT2D eigenvalue weighted by Gasteiger charge is 2.03. The van der Waals surface area contributed by atoms with E-state index in [9.17, 15) is 0 Å². The molecule has 0 amide bonds. The highest BCUT2D eigenvalue weighted by Crippen LogP contribution is 2.05. The number of benzene rings is 1. The zero-order chi connectivity index (χ0) is 13.5. The van der Waals surface area contributed by atoms with Gasteiger partial charge in [0.05, 0.1) is 0 Å². The van der Waals surface area contributed by atoms with Crippen LogP contribution in [0.25, 0.3) is 0 Å². The number of hydrogen-bond donors (Lipinski definition) is 2. The van der Waals surface area contributed by atoms with Crippen molar-refractivity contribution in [2.45, 2.75) is 32.4 Å². The van der Waals surface area contributed by atoms with Gasteiger partial charge in [-0.15, -0.1) is 0 Å². The third-order valence-electron chi connectivity index (χ3n) is 3.09. The van der Waals surface area contributed by atoms with Crippen molar-refractivity contribution in [1.82, 2.24) is 15.3 Å². The minimum Gasteiger partial charge on any atom is -0.368 e. The van der Waals surface area contributed by atoms with Crippen molar-refractivity contribution < 1.29 is 0 Å². The Morgan fingerprint density at radius 2 is 1.79 bits per heavy atom. The van der Waals surface area contributed by atoms with Crippen LogP contribution in [-0.2, 0) is 13.0 Å². The molecule has 0 fully saturated rings. The molecule has 0 aliphatic carbocycles. The Labute approximate surface area is 114 Å². The van der Waals surface area contributed by atoms with E-state index in [2.05, 4.69) is 46.5 Å². The SMILES string of the molecule is C[C@@H](CCc1ccccc1)NCc1cnc(N)nc1. The lowest BCUT2D eigenvalue weighted by atomic mass is 10.1. The van der Waals surface area contributed by atoms with E-state index in [0.29, 0.717) is 12.0 Å². The molecule has 3 N–H and O–H groups in total. The number of nitrogens with two attached hydrogens (primary N) is 1. The van der Waals surface area contributed by atoms with E-state index in [4.69, 9.17) is 5.73 Å². The lowest BCUT2D eigenvalue weighted by Gasteiger charge is -2.13. The van der Waals surface area contributed by atoms with Gasteiger partial charge in [0, 0.05) is 30.5 Å². The molecule has 1 aromatic carbocycles. The van der Waals surface area contributed by atoms with Crippen molar-refractivity contribution in [1.29, 1.82) is 0 Å². The molecule has 0 bridgehead atoms. The van der Waals surface area contributed by atoms with Crippen LogP contribution in [0.2, 0.25) is 0 Å². The molecule has 4 nitrogen and oxygen atoms in total. The molecule has 0 saturated heterocycles. The van der Waals surface area contributed by atoms with Crippen molar-refractivity contribution in [3.05, 3.63) is 53.9 Å². The van der Waals surface area contributed by atoms with E-state index in [0.717, 1.165) is 24.9 Å². The number of anilines is 1. The van der Waals surface area contributed by atoms with E-state index < -0.39 is 0 Å². The molecule has 0 saturated carbocycles. The van der Waals surface area contributed by atoms with Crippen molar-refractivity contribution in [3.8, 4) is 0 Å². The Bertz CT molecular complexity index is 481. The summed E-state index contributed by atoms with van der Waals surface area (Å²) in [5.41, 5.74) is 7.89. The van der Waals surface area contributed by atoms with E-state index in [1.165, 1.54) is 5.56 Å². The summed E-state index contributed by atoms with van der Waals surface area (Å²) in [6.45, 7) is 2.97. The molecular weight excluding hydrogens is 236 g/mol. The molecule has 100 valence electrons. The van der Waals surface area contributed by atoms with Crippen LogP contribution in [0.5, 0.6) is 0 Å². The van der Waals surface area contributed by atoms with Gasteiger partial charge in [0.25, 0.3) is 0 Å². The Morgan fingerprint density at radius 3 is 2.47 bits per heavy atom. The Morgan fingerprint density at radius 1 is 1.11 bits per heavy atom. The summed E-state index contributed by atoms with van der Waals surface area (Å²) < 4.78 is 0. The topological polar surface area (TPSA) is 63.8 Å². The van der Waals surface area contributed by atoms with Gasteiger partial charge < -0.3 is 11.1 Å². The number of aromatic nitrogens is 2. The molecule has 19 heavy (non-hydrogen) atoms. The summed E-state index contributed by atoms with van der Waals surface area (Å²) in [6.07, 6.45) is 5.73. The van der Waals surface area contributed by atoms with Gasteiger partial charge in [0.2, 0.25) is 5.95 Å². The molecule has 0 aliphatic rings. The van der Waals surface area contributed by atoms with E-state index in [-0.39, 0.29) is 0 Å². The average Bonchev–Trinajstić information content (AvgIpc) is 2.45. The highest BCUT2D eigenvalue weighted by molar-refractivity contribution is 5.17. The maximum absolute atomic E-state index is 5.45. The standard InChI is InChI=1S/C15H20N4/c1-12(7-8-13-5-3-2-4-6-13)17-9-14-10-18-15(16)19-11-14/h2-6,10-12,17H,7-9H2,1H3,(H2,16,18,19)/t12-/m0/s1. The first kappa shape index (κ1) is 13.5. The molecule has 1 heterocycles. The fourth-order valence-corrected chi connectivity index (χ4v) is 1.88. The van der Waals surface area contributed by atoms with E-state index in [1.54, 1.807) is 12.4 Å². The predicted octanol–water partition coefficient (Wildman–Crippen LogP) is 2.17. The average molecular weight is 256 g/mol. The highest BCUT2D eigenvalue weighted by atomic mass is 15.0. The Balaban J connectivity index is 1.72. The van der Waals surface area contributed by atoms with Gasteiger partial charge in [-0.1, -0.05) is 30.3 Å². The zero-order valence-electron chi connectivity index (χ0n) is 11.2. The maximum atomic E-state index is 5.45. The molecule has 0 unspecified atom stereocenters. The first-order valence-electron chi connectivity index (χ1n) is 6.58. The van der Waals surface area contributed by atoms with Crippen molar-refractivity contribution >= 4 is 5.95 Å². The summed E-state index contributed by atoms with van der Waals surface area (Å²) in [6, 6.07) is 11.0. The van der Waals surface area contributed by atoms with Crippen LogP contribution in [-0.4, -0.2) is 16.0 Å². The zero-order valence-corrected chi connectivity index (χ0v) is 11.2. The van der Waals surface area contributed by atoms with Crippen LogP contribution in [0, 0.1) is 0 Å². The van der Waals surface area contributed by atoms with Crippen molar-refractivity contribution in [2.24, 2.45) is 0 Å². The number of aryl methyl sites for hydroxylation is 1. The molecule has 0 spiro atoms. The molecule has 0 aliphatic heterocycles. The van der Waals surface area contributed by atoms with Gasteiger partial charge in [-0.05, 0) is 25.3 Å². The summed E-state index contributed by atoms with van der Waals surface area (Å²) in [5.74, 6) is 0.320. The smallest absolute Gasteiger partial charge is 0.219 e. The lowest BCUT2D eigenvalue weighted by molar-refractivity contribution is 0.513. The monoisotopic (exact) mass is 256 g/mol. The van der Waals surface area contributed by atoms with Crippen LogP contribution >= 0.6 is 0 Å². The normalized spacial score (nSPS) is 12.3. The fraction of sp³-hybridized carbons (Fsp3) is 0.333. The molecule has 1 atom stereocenters. The number of nitrogen functional groups attached to an aromatic ring is 1. The van der Waals surface area contributed by atoms with Crippen LogP contribution < -0.4 is 11.1 Å². The van der Waals surface area contributed by atoms with Gasteiger partial charge in [0.1, 0.15) is 0 Å². The number of rotatable bonds is 6. The number of hydrogen-bond acceptors (Lipinski definition) is 4. The summed E-state index contributed by atoms with van der Waals surface area (Å²) in [4.78, 5) is 7.95. The lowest BCUT2D eigenvalue weighted by Crippen LogP contribution is -2.26. The minimum atomic E-state index is 0.320. The predicted molar refractivity (Wildman–Crippen MR) is 77.5 cm³/mol. The van der Waals surface area contributed by atoms with Crippen LogP contribution in [0.4, 0.5) is 5.95 Å². The first-order chi connectivity index (χ1) is 9.24. The van der Waals surface area contributed by atoms with Crippen LogP contribution in [0.15, 0.2) is 42.7 Å². The van der Waals surface area contributed by atoms with Crippen LogP contribution in [0.1, 0.15) is 24.5 Å². The van der Waals surface area contributed by atoms with Gasteiger partial charge in [0.15, 0.2) is 0 Å². The molecule has 0 radical (unpaired) electrons. The molecular formula is C15H20N4. The third-order valence-corrected chi connectivity index (χ3v) is 3.09. The van der Waals surface area contributed by atoms with Gasteiger partial charge in [-0.25, -0.2) is 9.97 Å². The van der Waals surface area contributed by atoms with Crippen LogP contribution in [0.3, 0.4) is 0 Å². The van der Waals surface area contributed by atoms with E-state index >= 15 is 0 Å². The second kappa shape index (κ2) is 6.85. The summed E-state index contributed by atoms with van der Waals surface area (Å²) in [7, 11) is 0. The summed E-state index contributed by atoms with van der Waals surface area (Å²) >= 11 is 0. The maximum Gasteiger partial charge on any atom is 0.219 e. The molecule has 2 aromatic rings. The second-order valence-corrected chi connectivity index (χ2v) is 4.76. The Kier molecular flexibility index (Phi) is 4.86. The third kappa shape index (κ3) is 4.67. The van der Waals surface area contributed by atoms with E-state index in [1.807, 2.05) is 6.07 Å². The fourth-order valence-electron chi connectivity index (χ4n) is 1.88. The van der Waals surface area contributed by atoms with Gasteiger partial charge in [-0.2, -0.15) is 0 Å². The number of nitrogens with zero attached hydrogens (tertiary/aromatic N) is 2. The van der Waals surface area contributed by atoms with Crippen molar-refractivity contribution in [2.75, 3.05) is 5.73 Å².